The van der Waals surface area contributed by atoms with Crippen LogP contribution in [0.1, 0.15) is 24.6 Å². The first-order valence-corrected chi connectivity index (χ1v) is 4.04. The molecule has 1 aliphatic heterocycles. The first kappa shape index (κ1) is 6.80. The van der Waals surface area contributed by atoms with Crippen LogP contribution < -0.4 is 5.32 Å². The van der Waals surface area contributed by atoms with Crippen LogP contribution in [0.2, 0.25) is 0 Å². The largest absolute Gasteiger partial charge is 0.260 e. The minimum atomic E-state index is 0.385. The highest BCUT2D eigenvalue weighted by molar-refractivity contribution is 5.09. The maximum absolute atomic E-state index is 4.44. The van der Waals surface area contributed by atoms with Gasteiger partial charge in [0.15, 0.2) is 0 Å². The second kappa shape index (κ2) is 3.01. The molecule has 1 saturated heterocycles. The molecule has 1 aromatic heterocycles. The first-order valence-electron chi connectivity index (χ1n) is 4.04. The zero-order chi connectivity index (χ0) is 7.52. The number of hydrogen-bond donors (Lipinski definition) is 0. The van der Waals surface area contributed by atoms with Gasteiger partial charge in [-0.15, -0.1) is 0 Å². The topological polar surface area (TPSA) is 27.0 Å². The van der Waals surface area contributed by atoms with E-state index in [-0.39, 0.29) is 0 Å². The van der Waals surface area contributed by atoms with E-state index in [4.69, 9.17) is 0 Å². The minimum absolute atomic E-state index is 0.385. The Morgan fingerprint density at radius 1 is 1.36 bits per heavy atom. The van der Waals surface area contributed by atoms with Gasteiger partial charge >= 0.3 is 0 Å². The second-order valence-corrected chi connectivity index (χ2v) is 2.82. The predicted molar refractivity (Wildman–Crippen MR) is 43.2 cm³/mol. The summed E-state index contributed by atoms with van der Waals surface area (Å²) in [6, 6.07) is 6.41. The van der Waals surface area contributed by atoms with Crippen LogP contribution in [-0.4, -0.2) is 11.5 Å². The van der Waals surface area contributed by atoms with Gasteiger partial charge < -0.3 is 0 Å². The number of rotatable bonds is 1. The molecule has 1 fully saturated rings. The van der Waals surface area contributed by atoms with Crippen molar-refractivity contribution < 1.29 is 0 Å². The van der Waals surface area contributed by atoms with E-state index in [9.17, 15) is 0 Å². The summed E-state index contributed by atoms with van der Waals surface area (Å²) in [6.45, 7) is 1.02. The number of hydrogen-bond acceptors (Lipinski definition) is 1. The molecule has 2 heteroatoms. The third-order valence-corrected chi connectivity index (χ3v) is 2.01. The molecule has 1 unspecified atom stereocenters. The smallest absolute Gasteiger partial charge is 0.0668 e. The predicted octanol–water partition coefficient (Wildman–Crippen LogP) is 1.52. The van der Waals surface area contributed by atoms with Crippen molar-refractivity contribution in [3.05, 3.63) is 30.1 Å². The lowest BCUT2D eigenvalue weighted by Gasteiger charge is -2.05. The molecule has 11 heavy (non-hydrogen) atoms. The van der Waals surface area contributed by atoms with Crippen molar-refractivity contribution in [3.63, 3.8) is 0 Å². The number of nitrogens with zero attached hydrogens (tertiary/aromatic N) is 2. The van der Waals surface area contributed by atoms with E-state index in [0.29, 0.717) is 6.04 Å². The van der Waals surface area contributed by atoms with Crippen molar-refractivity contribution in [2.45, 2.75) is 18.9 Å². The molecule has 0 aromatic carbocycles. The standard InChI is InChI=1S/C9H11N2/c1-2-6-10-8(4-1)9-5-3-7-11-9/h1-2,4,6,9H,3,5,7H2. The molecule has 0 saturated carbocycles. The van der Waals surface area contributed by atoms with Crippen LogP contribution in [0.5, 0.6) is 0 Å². The van der Waals surface area contributed by atoms with Gasteiger partial charge in [-0.25, -0.2) is 5.32 Å². The van der Waals surface area contributed by atoms with Crippen LogP contribution >= 0.6 is 0 Å². The second-order valence-electron chi connectivity index (χ2n) is 2.82. The molecule has 2 nitrogen and oxygen atoms in total. The van der Waals surface area contributed by atoms with Crippen LogP contribution in [0.3, 0.4) is 0 Å². The van der Waals surface area contributed by atoms with E-state index in [2.05, 4.69) is 16.4 Å². The third-order valence-electron chi connectivity index (χ3n) is 2.01. The van der Waals surface area contributed by atoms with Gasteiger partial charge in [-0.2, -0.15) is 0 Å². The fourth-order valence-electron chi connectivity index (χ4n) is 1.44. The Labute approximate surface area is 66.7 Å². The highest BCUT2D eigenvalue weighted by atomic mass is 15.0. The molecule has 0 bridgehead atoms. The highest BCUT2D eigenvalue weighted by Gasteiger charge is 2.17. The lowest BCUT2D eigenvalue weighted by molar-refractivity contribution is 0.616. The summed E-state index contributed by atoms with van der Waals surface area (Å²) in [7, 11) is 0. The Kier molecular flexibility index (Phi) is 1.86. The molecule has 1 radical (unpaired) electrons. The van der Waals surface area contributed by atoms with Crippen molar-refractivity contribution in [2.24, 2.45) is 0 Å². The Hall–Kier alpha value is -0.890. The van der Waals surface area contributed by atoms with E-state index >= 15 is 0 Å². The van der Waals surface area contributed by atoms with Gasteiger partial charge in [0.05, 0.1) is 11.7 Å². The fourth-order valence-corrected chi connectivity index (χ4v) is 1.44. The molecule has 1 aromatic rings. The summed E-state index contributed by atoms with van der Waals surface area (Å²) >= 11 is 0. The lowest BCUT2D eigenvalue weighted by atomic mass is 10.1. The summed E-state index contributed by atoms with van der Waals surface area (Å²) in [5.74, 6) is 0. The SMILES string of the molecule is c1ccc(C2CCC[N]2)nc1. The van der Waals surface area contributed by atoms with Crippen LogP contribution in [-0.2, 0) is 0 Å². The van der Waals surface area contributed by atoms with Crippen LogP contribution in [0.4, 0.5) is 0 Å². The first-order chi connectivity index (χ1) is 5.47. The zero-order valence-corrected chi connectivity index (χ0v) is 6.40. The van der Waals surface area contributed by atoms with E-state index in [1.807, 2.05) is 18.3 Å². The number of aromatic nitrogens is 1. The molecule has 1 aliphatic rings. The average molecular weight is 147 g/mol. The van der Waals surface area contributed by atoms with Crippen molar-refractivity contribution >= 4 is 0 Å². The van der Waals surface area contributed by atoms with Gasteiger partial charge in [0.1, 0.15) is 0 Å². The molecule has 0 amide bonds. The molecule has 1 atom stereocenters. The van der Waals surface area contributed by atoms with E-state index < -0.39 is 0 Å². The molecule has 0 aliphatic carbocycles. The molecule has 0 N–H and O–H groups in total. The van der Waals surface area contributed by atoms with Gasteiger partial charge in [0.25, 0.3) is 0 Å². The van der Waals surface area contributed by atoms with Crippen molar-refractivity contribution in [2.75, 3.05) is 6.54 Å². The summed E-state index contributed by atoms with van der Waals surface area (Å²) in [5.41, 5.74) is 1.13. The van der Waals surface area contributed by atoms with Gasteiger partial charge in [-0.05, 0) is 25.0 Å². The normalized spacial score (nSPS) is 23.8. The van der Waals surface area contributed by atoms with Crippen LogP contribution in [0, 0.1) is 0 Å². The average Bonchev–Trinajstić information content (AvgIpc) is 2.58. The number of pyridine rings is 1. The Bertz CT molecular complexity index is 214. The Balaban J connectivity index is 2.16. The van der Waals surface area contributed by atoms with E-state index in [1.54, 1.807) is 0 Å². The highest BCUT2D eigenvalue weighted by Crippen LogP contribution is 2.21. The Morgan fingerprint density at radius 2 is 2.36 bits per heavy atom. The van der Waals surface area contributed by atoms with Crippen LogP contribution in [0.15, 0.2) is 24.4 Å². The van der Waals surface area contributed by atoms with E-state index in [1.165, 1.54) is 12.8 Å². The minimum Gasteiger partial charge on any atom is -0.260 e. The maximum Gasteiger partial charge on any atom is 0.0668 e. The van der Waals surface area contributed by atoms with Crippen LogP contribution in [0.25, 0.3) is 0 Å². The van der Waals surface area contributed by atoms with Gasteiger partial charge in [0.2, 0.25) is 0 Å². The quantitative estimate of drug-likeness (QED) is 0.591. The maximum atomic E-state index is 4.44. The third kappa shape index (κ3) is 1.40. The summed E-state index contributed by atoms with van der Waals surface area (Å²) < 4.78 is 0. The Morgan fingerprint density at radius 3 is 3.00 bits per heavy atom. The zero-order valence-electron chi connectivity index (χ0n) is 6.40. The molecular weight excluding hydrogens is 136 g/mol. The monoisotopic (exact) mass is 147 g/mol. The van der Waals surface area contributed by atoms with Gasteiger partial charge in [-0.3, -0.25) is 4.98 Å². The van der Waals surface area contributed by atoms with E-state index in [0.717, 1.165) is 12.2 Å². The fraction of sp³-hybridized carbons (Fsp3) is 0.444. The van der Waals surface area contributed by atoms with Gasteiger partial charge in [0, 0.05) is 12.7 Å². The summed E-state index contributed by atoms with van der Waals surface area (Å²) in [5, 5.41) is 4.44. The van der Waals surface area contributed by atoms with Crippen molar-refractivity contribution in [3.8, 4) is 0 Å². The summed E-state index contributed by atoms with van der Waals surface area (Å²) in [6.07, 6.45) is 4.24. The molecule has 2 heterocycles. The molecular formula is C9H11N2. The van der Waals surface area contributed by atoms with Crippen molar-refractivity contribution in [1.82, 2.24) is 10.3 Å². The molecule has 2 rings (SSSR count). The van der Waals surface area contributed by atoms with Crippen molar-refractivity contribution in [1.29, 1.82) is 0 Å². The molecule has 57 valence electrons. The summed E-state index contributed by atoms with van der Waals surface area (Å²) in [4.78, 5) is 4.27. The molecule has 0 spiro atoms. The van der Waals surface area contributed by atoms with Gasteiger partial charge in [-0.1, -0.05) is 6.07 Å². The lowest BCUT2D eigenvalue weighted by Crippen LogP contribution is -2.06.